The van der Waals surface area contributed by atoms with Gasteiger partial charge in [-0.1, -0.05) is 18.2 Å². The van der Waals surface area contributed by atoms with Crippen molar-refractivity contribution >= 4 is 5.91 Å². The van der Waals surface area contributed by atoms with Gasteiger partial charge in [0, 0.05) is 12.6 Å². The smallest absolute Gasteiger partial charge is 0.276 e. The molecule has 0 fully saturated rings. The van der Waals surface area contributed by atoms with E-state index < -0.39 is 0 Å². The average molecular weight is 260 g/mol. The van der Waals surface area contributed by atoms with Crippen LogP contribution in [-0.4, -0.2) is 40.4 Å². The van der Waals surface area contributed by atoms with Crippen LogP contribution in [0, 0.1) is 0 Å². The maximum atomic E-state index is 12.2. The Bertz CT molecular complexity index is 554. The van der Waals surface area contributed by atoms with Gasteiger partial charge in [0.25, 0.3) is 5.91 Å². The van der Waals surface area contributed by atoms with Crippen LogP contribution in [0.2, 0.25) is 0 Å². The summed E-state index contributed by atoms with van der Waals surface area (Å²) in [5.74, 6) is 0.571. The fourth-order valence-corrected chi connectivity index (χ4v) is 1.88. The van der Waals surface area contributed by atoms with E-state index in [4.69, 9.17) is 4.74 Å². The zero-order valence-electron chi connectivity index (χ0n) is 11.1. The number of aromatic nitrogens is 3. The van der Waals surface area contributed by atoms with Gasteiger partial charge in [-0.2, -0.15) is 15.4 Å². The number of hydrogen-bond acceptors (Lipinski definition) is 4. The van der Waals surface area contributed by atoms with Gasteiger partial charge < -0.3 is 9.64 Å². The number of hydrogen-bond donors (Lipinski definition) is 1. The third kappa shape index (κ3) is 2.57. The number of nitrogens with one attached hydrogen (secondary N) is 1. The molecule has 0 aliphatic carbocycles. The summed E-state index contributed by atoms with van der Waals surface area (Å²) in [6.45, 7) is 1.94. The first-order valence-electron chi connectivity index (χ1n) is 5.91. The van der Waals surface area contributed by atoms with Crippen LogP contribution in [0.3, 0.4) is 0 Å². The predicted octanol–water partition coefficient (Wildman–Crippen LogP) is 1.65. The van der Waals surface area contributed by atoms with E-state index in [1.807, 2.05) is 31.2 Å². The first kappa shape index (κ1) is 13.1. The minimum atomic E-state index is -0.188. The SMILES string of the molecule is COc1ccccc1C(C)N(C)C(=O)c1cn[nH]n1. The monoisotopic (exact) mass is 260 g/mol. The lowest BCUT2D eigenvalue weighted by Crippen LogP contribution is -2.30. The summed E-state index contributed by atoms with van der Waals surface area (Å²) in [4.78, 5) is 13.8. The maximum absolute atomic E-state index is 12.2. The van der Waals surface area contributed by atoms with E-state index in [1.54, 1.807) is 19.1 Å². The van der Waals surface area contributed by atoms with Crippen molar-refractivity contribution in [3.8, 4) is 5.75 Å². The quantitative estimate of drug-likeness (QED) is 0.907. The summed E-state index contributed by atoms with van der Waals surface area (Å²) < 4.78 is 5.31. The normalized spacial score (nSPS) is 11.9. The molecular formula is C13H16N4O2. The zero-order chi connectivity index (χ0) is 13.8. The minimum Gasteiger partial charge on any atom is -0.496 e. The molecule has 1 aromatic carbocycles. The number of nitrogens with zero attached hydrogens (tertiary/aromatic N) is 3. The highest BCUT2D eigenvalue weighted by molar-refractivity contribution is 5.92. The van der Waals surface area contributed by atoms with Crippen molar-refractivity contribution in [2.75, 3.05) is 14.2 Å². The van der Waals surface area contributed by atoms with Crippen molar-refractivity contribution in [3.05, 3.63) is 41.7 Å². The van der Waals surface area contributed by atoms with Crippen molar-refractivity contribution in [3.63, 3.8) is 0 Å². The Kier molecular flexibility index (Phi) is 3.79. The van der Waals surface area contributed by atoms with Crippen molar-refractivity contribution in [1.29, 1.82) is 0 Å². The van der Waals surface area contributed by atoms with E-state index in [0.717, 1.165) is 11.3 Å². The Morgan fingerprint density at radius 3 is 2.79 bits per heavy atom. The molecule has 0 aliphatic rings. The van der Waals surface area contributed by atoms with E-state index in [2.05, 4.69) is 15.4 Å². The number of rotatable bonds is 4. The predicted molar refractivity (Wildman–Crippen MR) is 69.9 cm³/mol. The van der Waals surface area contributed by atoms with E-state index in [-0.39, 0.29) is 11.9 Å². The number of ether oxygens (including phenoxy) is 1. The Hall–Kier alpha value is -2.37. The molecule has 2 rings (SSSR count). The highest BCUT2D eigenvalue weighted by Crippen LogP contribution is 2.28. The van der Waals surface area contributed by atoms with Crippen LogP contribution < -0.4 is 4.74 Å². The number of amides is 1. The van der Waals surface area contributed by atoms with Crippen LogP contribution in [0.15, 0.2) is 30.5 Å². The number of methoxy groups -OCH3 is 1. The van der Waals surface area contributed by atoms with E-state index in [1.165, 1.54) is 6.20 Å². The van der Waals surface area contributed by atoms with Crippen LogP contribution in [0.4, 0.5) is 0 Å². The Morgan fingerprint density at radius 1 is 1.42 bits per heavy atom. The largest absolute Gasteiger partial charge is 0.496 e. The fraction of sp³-hybridized carbons (Fsp3) is 0.308. The molecule has 0 saturated carbocycles. The molecular weight excluding hydrogens is 244 g/mol. The molecule has 1 heterocycles. The van der Waals surface area contributed by atoms with Crippen molar-refractivity contribution in [2.45, 2.75) is 13.0 Å². The lowest BCUT2D eigenvalue weighted by atomic mass is 10.1. The third-order valence-electron chi connectivity index (χ3n) is 3.12. The summed E-state index contributed by atoms with van der Waals surface area (Å²) in [7, 11) is 3.35. The Morgan fingerprint density at radius 2 is 2.16 bits per heavy atom. The summed E-state index contributed by atoms with van der Waals surface area (Å²) >= 11 is 0. The second kappa shape index (κ2) is 5.51. The number of H-pyrrole nitrogens is 1. The number of carbonyl (C=O) groups excluding carboxylic acids is 1. The van der Waals surface area contributed by atoms with Crippen LogP contribution in [0.25, 0.3) is 0 Å². The molecule has 1 N–H and O–H groups in total. The van der Waals surface area contributed by atoms with E-state index >= 15 is 0 Å². The molecule has 19 heavy (non-hydrogen) atoms. The molecule has 0 bridgehead atoms. The highest BCUT2D eigenvalue weighted by atomic mass is 16.5. The maximum Gasteiger partial charge on any atom is 0.276 e. The van der Waals surface area contributed by atoms with Gasteiger partial charge >= 0.3 is 0 Å². The molecule has 1 amide bonds. The lowest BCUT2D eigenvalue weighted by Gasteiger charge is -2.25. The molecule has 0 saturated heterocycles. The molecule has 1 aromatic heterocycles. The highest BCUT2D eigenvalue weighted by Gasteiger charge is 2.22. The third-order valence-corrected chi connectivity index (χ3v) is 3.12. The first-order chi connectivity index (χ1) is 9.15. The minimum absolute atomic E-state index is 0.125. The molecule has 0 aliphatic heterocycles. The topological polar surface area (TPSA) is 71.1 Å². The van der Waals surface area contributed by atoms with Gasteiger partial charge in [0.1, 0.15) is 5.75 Å². The molecule has 100 valence electrons. The molecule has 1 atom stereocenters. The van der Waals surface area contributed by atoms with Crippen LogP contribution in [0.5, 0.6) is 5.75 Å². The molecule has 6 nitrogen and oxygen atoms in total. The summed E-state index contributed by atoms with van der Waals surface area (Å²) in [5, 5.41) is 9.88. The summed E-state index contributed by atoms with van der Waals surface area (Å²) in [6.07, 6.45) is 1.41. The number of aromatic amines is 1. The number of benzene rings is 1. The number of carbonyl (C=O) groups is 1. The Labute approximate surface area is 111 Å². The number of para-hydroxylation sites is 1. The summed E-state index contributed by atoms with van der Waals surface area (Å²) in [6, 6.07) is 7.51. The first-order valence-corrected chi connectivity index (χ1v) is 5.91. The van der Waals surface area contributed by atoms with Gasteiger partial charge in [-0.15, -0.1) is 0 Å². The van der Waals surface area contributed by atoms with Gasteiger partial charge in [-0.3, -0.25) is 4.79 Å². The summed E-state index contributed by atoms with van der Waals surface area (Å²) in [5.41, 5.74) is 1.24. The second-order valence-corrected chi connectivity index (χ2v) is 4.19. The molecule has 0 radical (unpaired) electrons. The standard InChI is InChI=1S/C13H16N4O2/c1-9(10-6-4-5-7-12(10)19-3)17(2)13(18)11-8-14-16-15-11/h4-9H,1-3H3,(H,14,15,16). The van der Waals surface area contributed by atoms with Crippen molar-refractivity contribution in [1.82, 2.24) is 20.3 Å². The second-order valence-electron chi connectivity index (χ2n) is 4.19. The average Bonchev–Trinajstić information content (AvgIpc) is 2.99. The molecule has 6 heteroatoms. The van der Waals surface area contributed by atoms with Gasteiger partial charge in [-0.25, -0.2) is 0 Å². The van der Waals surface area contributed by atoms with Crippen LogP contribution >= 0.6 is 0 Å². The van der Waals surface area contributed by atoms with Gasteiger partial charge in [0.2, 0.25) is 0 Å². The lowest BCUT2D eigenvalue weighted by molar-refractivity contribution is 0.0735. The van der Waals surface area contributed by atoms with Gasteiger partial charge in [0.15, 0.2) is 5.69 Å². The fourth-order valence-electron chi connectivity index (χ4n) is 1.88. The van der Waals surface area contributed by atoms with Crippen molar-refractivity contribution in [2.24, 2.45) is 0 Å². The van der Waals surface area contributed by atoms with Gasteiger partial charge in [-0.05, 0) is 13.0 Å². The molecule has 1 unspecified atom stereocenters. The zero-order valence-corrected chi connectivity index (χ0v) is 11.1. The van der Waals surface area contributed by atoms with E-state index in [9.17, 15) is 4.79 Å². The van der Waals surface area contributed by atoms with Crippen molar-refractivity contribution < 1.29 is 9.53 Å². The van der Waals surface area contributed by atoms with Gasteiger partial charge in [0.05, 0.1) is 19.3 Å². The van der Waals surface area contributed by atoms with E-state index in [0.29, 0.717) is 5.69 Å². The van der Waals surface area contributed by atoms with Crippen LogP contribution in [-0.2, 0) is 0 Å². The molecule has 0 spiro atoms. The van der Waals surface area contributed by atoms with Crippen LogP contribution in [0.1, 0.15) is 29.0 Å². The Balaban J connectivity index is 2.23. The molecule has 2 aromatic rings.